The van der Waals surface area contributed by atoms with E-state index in [0.29, 0.717) is 0 Å². The Hall–Kier alpha value is -2.98. The van der Waals surface area contributed by atoms with Gasteiger partial charge in [0.2, 0.25) is 0 Å². The van der Waals surface area contributed by atoms with Crippen molar-refractivity contribution < 1.29 is 4.74 Å². The topological polar surface area (TPSA) is 30.3 Å². The molecular weight excluding hydrogens is 418 g/mol. The number of rotatable bonds is 5. The predicted octanol–water partition coefficient (Wildman–Crippen LogP) is 5.95. The van der Waals surface area contributed by atoms with Gasteiger partial charge in [-0.2, -0.15) is 0 Å². The summed E-state index contributed by atoms with van der Waals surface area (Å²) in [6, 6.07) is 19.3. The molecule has 0 aliphatic carbocycles. The molecule has 0 spiro atoms. The monoisotopic (exact) mass is 447 g/mol. The number of ether oxygens (including phenoxy) is 1. The Kier molecular flexibility index (Phi) is 6.43. The lowest BCUT2D eigenvalue weighted by Gasteiger charge is -2.30. The van der Waals surface area contributed by atoms with Crippen LogP contribution < -0.4 is 9.64 Å². The molecule has 1 aliphatic rings. The van der Waals surface area contributed by atoms with Gasteiger partial charge in [0.15, 0.2) is 5.82 Å². The summed E-state index contributed by atoms with van der Waals surface area (Å²) in [5, 5.41) is 1.31. The van der Waals surface area contributed by atoms with Crippen LogP contribution in [0.25, 0.3) is 10.9 Å². The molecule has 0 radical (unpaired) electrons. The lowest BCUT2D eigenvalue weighted by Crippen LogP contribution is -2.31. The molecule has 0 saturated carbocycles. The van der Waals surface area contributed by atoms with E-state index in [0.717, 1.165) is 44.0 Å². The molecule has 5 heteroatoms. The van der Waals surface area contributed by atoms with Gasteiger partial charge in [0.05, 0.1) is 12.6 Å². The van der Waals surface area contributed by atoms with E-state index in [4.69, 9.17) is 9.72 Å². The maximum absolute atomic E-state index is 5.46. The maximum atomic E-state index is 5.46. The first-order valence-electron chi connectivity index (χ1n) is 11.1. The van der Waals surface area contributed by atoms with Crippen LogP contribution in [0.4, 0.5) is 5.82 Å². The molecule has 2 aromatic heterocycles. The number of halogens is 1. The van der Waals surface area contributed by atoms with Crippen LogP contribution in [0.3, 0.4) is 0 Å². The van der Waals surface area contributed by atoms with Crippen LogP contribution in [0, 0.1) is 6.92 Å². The summed E-state index contributed by atoms with van der Waals surface area (Å²) in [5.74, 6) is 1.99. The van der Waals surface area contributed by atoms with Crippen LogP contribution in [-0.4, -0.2) is 23.2 Å². The zero-order valence-electron chi connectivity index (χ0n) is 19.0. The molecule has 0 atom stereocenters. The molecule has 0 N–H and O–H groups in total. The molecule has 1 aliphatic heterocycles. The maximum Gasteiger partial charge on any atom is 0.153 e. The van der Waals surface area contributed by atoms with Gasteiger partial charge in [0.1, 0.15) is 5.75 Å². The van der Waals surface area contributed by atoms with Crippen molar-refractivity contribution in [1.82, 2.24) is 9.55 Å². The predicted molar refractivity (Wildman–Crippen MR) is 134 cm³/mol. The first-order valence-corrected chi connectivity index (χ1v) is 11.1. The van der Waals surface area contributed by atoms with Gasteiger partial charge in [-0.25, -0.2) is 4.98 Å². The summed E-state index contributed by atoms with van der Waals surface area (Å²) in [6.45, 7) is 7.21. The fourth-order valence-electron chi connectivity index (χ4n) is 5.00. The van der Waals surface area contributed by atoms with Crippen molar-refractivity contribution in [3.63, 3.8) is 0 Å². The fraction of sp³-hybridized carbons (Fsp3) is 0.296. The van der Waals surface area contributed by atoms with Crippen molar-refractivity contribution in [3.05, 3.63) is 88.7 Å². The molecule has 166 valence electrons. The lowest BCUT2D eigenvalue weighted by molar-refractivity contribution is 0.414. The highest BCUT2D eigenvalue weighted by Gasteiger charge is 2.23. The molecule has 0 fully saturated rings. The van der Waals surface area contributed by atoms with Crippen molar-refractivity contribution in [1.29, 1.82) is 0 Å². The smallest absolute Gasteiger partial charge is 0.153 e. The minimum absolute atomic E-state index is 0. The lowest BCUT2D eigenvalue weighted by atomic mass is 10.00. The fourth-order valence-corrected chi connectivity index (χ4v) is 5.00. The SMILES string of the molecule is CCc1c(C)c2ccnc(N3CCc4ccccc4C3)c2n1Cc1cccc(OC)c1.Cl. The molecule has 4 aromatic rings. The summed E-state index contributed by atoms with van der Waals surface area (Å²) in [5.41, 5.74) is 8.10. The summed E-state index contributed by atoms with van der Waals surface area (Å²) < 4.78 is 7.94. The molecule has 32 heavy (non-hydrogen) atoms. The number of benzene rings is 2. The van der Waals surface area contributed by atoms with Crippen LogP contribution in [0.1, 0.15) is 34.9 Å². The number of hydrogen-bond donors (Lipinski definition) is 0. The molecule has 0 amide bonds. The van der Waals surface area contributed by atoms with E-state index >= 15 is 0 Å². The van der Waals surface area contributed by atoms with E-state index in [1.165, 1.54) is 38.9 Å². The van der Waals surface area contributed by atoms with Crippen molar-refractivity contribution in [2.45, 2.75) is 39.8 Å². The second-order valence-electron chi connectivity index (χ2n) is 8.33. The van der Waals surface area contributed by atoms with Gasteiger partial charge in [0.25, 0.3) is 0 Å². The first kappa shape index (κ1) is 22.2. The Balaban J connectivity index is 0.00000245. The third-order valence-electron chi connectivity index (χ3n) is 6.58. The zero-order valence-corrected chi connectivity index (χ0v) is 19.8. The van der Waals surface area contributed by atoms with Gasteiger partial charge in [-0.3, -0.25) is 0 Å². The normalized spacial score (nSPS) is 13.0. The first-order chi connectivity index (χ1) is 15.2. The minimum Gasteiger partial charge on any atom is -0.497 e. The van der Waals surface area contributed by atoms with E-state index in [9.17, 15) is 0 Å². The van der Waals surface area contributed by atoms with Crippen LogP contribution in [0.5, 0.6) is 5.75 Å². The summed E-state index contributed by atoms with van der Waals surface area (Å²) in [6.07, 6.45) is 4.03. The molecule has 4 nitrogen and oxygen atoms in total. The Morgan fingerprint density at radius 1 is 1.03 bits per heavy atom. The van der Waals surface area contributed by atoms with Gasteiger partial charge < -0.3 is 14.2 Å². The number of pyridine rings is 1. The number of methoxy groups -OCH3 is 1. The van der Waals surface area contributed by atoms with Gasteiger partial charge in [-0.1, -0.05) is 43.3 Å². The molecule has 0 saturated heterocycles. The largest absolute Gasteiger partial charge is 0.497 e. The third kappa shape index (κ3) is 3.84. The van der Waals surface area contributed by atoms with Gasteiger partial charge in [0, 0.05) is 36.9 Å². The van der Waals surface area contributed by atoms with Crippen LogP contribution in [0.15, 0.2) is 60.8 Å². The van der Waals surface area contributed by atoms with Gasteiger partial charge >= 0.3 is 0 Å². The minimum atomic E-state index is 0. The Bertz CT molecular complexity index is 1250. The Labute approximate surface area is 196 Å². The average molecular weight is 448 g/mol. The van der Waals surface area contributed by atoms with E-state index in [1.807, 2.05) is 12.3 Å². The number of aromatic nitrogens is 2. The summed E-state index contributed by atoms with van der Waals surface area (Å²) in [4.78, 5) is 7.36. The van der Waals surface area contributed by atoms with Crippen LogP contribution >= 0.6 is 12.4 Å². The third-order valence-corrected chi connectivity index (χ3v) is 6.58. The highest BCUT2D eigenvalue weighted by Crippen LogP contribution is 2.35. The number of aryl methyl sites for hydroxylation is 1. The van der Waals surface area contributed by atoms with Crippen molar-refractivity contribution in [2.75, 3.05) is 18.6 Å². The summed E-state index contributed by atoms with van der Waals surface area (Å²) in [7, 11) is 1.72. The van der Waals surface area contributed by atoms with Crippen LogP contribution in [-0.2, 0) is 25.9 Å². The number of nitrogens with zero attached hydrogens (tertiary/aromatic N) is 3. The second-order valence-corrected chi connectivity index (χ2v) is 8.33. The quantitative estimate of drug-likeness (QED) is 0.378. The molecule has 5 rings (SSSR count). The highest BCUT2D eigenvalue weighted by molar-refractivity contribution is 5.93. The molecule has 3 heterocycles. The zero-order chi connectivity index (χ0) is 21.4. The van der Waals surface area contributed by atoms with Crippen molar-refractivity contribution in [2.24, 2.45) is 0 Å². The molecule has 0 unspecified atom stereocenters. The molecular formula is C27H30ClN3O. The van der Waals surface area contributed by atoms with E-state index in [1.54, 1.807) is 7.11 Å². The molecule has 0 bridgehead atoms. The highest BCUT2D eigenvalue weighted by atomic mass is 35.5. The average Bonchev–Trinajstić information content (AvgIpc) is 3.09. The van der Waals surface area contributed by atoms with E-state index < -0.39 is 0 Å². The van der Waals surface area contributed by atoms with E-state index in [2.05, 4.69) is 71.8 Å². The number of anilines is 1. The van der Waals surface area contributed by atoms with E-state index in [-0.39, 0.29) is 12.4 Å². The summed E-state index contributed by atoms with van der Waals surface area (Å²) >= 11 is 0. The second kappa shape index (κ2) is 9.25. The Morgan fingerprint density at radius 3 is 2.62 bits per heavy atom. The van der Waals surface area contributed by atoms with Gasteiger partial charge in [-0.15, -0.1) is 12.4 Å². The number of fused-ring (bicyclic) bond motifs is 2. The Morgan fingerprint density at radius 2 is 1.84 bits per heavy atom. The van der Waals surface area contributed by atoms with Crippen molar-refractivity contribution >= 4 is 29.1 Å². The standard InChI is InChI=1S/C27H29N3O.ClH/c1-4-25-19(2)24-12-14-28-27(29-15-13-21-9-5-6-10-22(21)18-29)26(24)30(25)17-20-8-7-11-23(16-20)31-3;/h5-12,14,16H,4,13,15,17-18H2,1-3H3;1H. The number of hydrogen-bond acceptors (Lipinski definition) is 3. The van der Waals surface area contributed by atoms with Crippen LogP contribution in [0.2, 0.25) is 0 Å². The van der Waals surface area contributed by atoms with Gasteiger partial charge in [-0.05, 0) is 60.2 Å². The molecule has 2 aromatic carbocycles. The van der Waals surface area contributed by atoms with Crippen molar-refractivity contribution in [3.8, 4) is 5.75 Å².